The minimum Gasteiger partial charge on any atom is -0.409 e. The van der Waals surface area contributed by atoms with Crippen LogP contribution in [0.3, 0.4) is 0 Å². The van der Waals surface area contributed by atoms with Crippen molar-refractivity contribution >= 4 is 27.3 Å². The lowest BCUT2D eigenvalue weighted by Gasteiger charge is -2.21. The summed E-state index contributed by atoms with van der Waals surface area (Å²) in [6, 6.07) is 6.28. The topological polar surface area (TPSA) is 122 Å². The zero-order valence-electron chi connectivity index (χ0n) is 11.3. The summed E-state index contributed by atoms with van der Waals surface area (Å²) in [6.45, 7) is 0. The lowest BCUT2D eigenvalue weighted by molar-refractivity contribution is -0.116. The van der Waals surface area contributed by atoms with E-state index in [0.717, 1.165) is 6.42 Å². The number of hydrogen-bond acceptors (Lipinski definition) is 5. The van der Waals surface area contributed by atoms with Gasteiger partial charge in [-0.1, -0.05) is 11.6 Å². The minimum absolute atomic E-state index is 0.0391. The third-order valence-corrected chi connectivity index (χ3v) is 5.60. The molecule has 0 aromatic heterocycles. The summed E-state index contributed by atoms with van der Waals surface area (Å²) in [5.74, 6) is -0.484. The Labute approximate surface area is 122 Å². The first kappa shape index (κ1) is 15.3. The number of hydrogen-bond donors (Lipinski definition) is 3. The molecule has 4 N–H and O–H groups in total. The van der Waals surface area contributed by atoms with Gasteiger partial charge >= 0.3 is 0 Å². The summed E-state index contributed by atoms with van der Waals surface area (Å²) in [4.78, 5) is 12.1. The van der Waals surface area contributed by atoms with E-state index in [1.165, 1.54) is 0 Å². The van der Waals surface area contributed by atoms with Crippen LogP contribution >= 0.6 is 0 Å². The van der Waals surface area contributed by atoms with Crippen molar-refractivity contribution in [3.05, 3.63) is 29.8 Å². The van der Waals surface area contributed by atoms with Crippen molar-refractivity contribution in [3.63, 3.8) is 0 Å². The van der Waals surface area contributed by atoms with Crippen LogP contribution in [0.4, 0.5) is 5.69 Å². The second-order valence-electron chi connectivity index (χ2n) is 4.90. The largest absolute Gasteiger partial charge is 0.409 e. The molecule has 1 aromatic rings. The molecule has 0 spiro atoms. The number of oxime groups is 1. The molecule has 1 aliphatic rings. The smallest absolute Gasteiger partial charge is 0.242 e. The Morgan fingerprint density at radius 3 is 2.52 bits per heavy atom. The predicted octanol–water partition coefficient (Wildman–Crippen LogP) is 0.687. The van der Waals surface area contributed by atoms with Crippen molar-refractivity contribution < 1.29 is 18.4 Å². The maximum absolute atomic E-state index is 12.1. The highest BCUT2D eigenvalue weighted by molar-refractivity contribution is 7.92. The summed E-state index contributed by atoms with van der Waals surface area (Å²) in [5, 5.41) is 13.0. The Kier molecular flexibility index (Phi) is 4.46. The number of carbonyl (C=O) groups is 1. The van der Waals surface area contributed by atoms with Crippen molar-refractivity contribution in [1.82, 2.24) is 0 Å². The molecule has 114 valence electrons. The Morgan fingerprint density at radius 1 is 1.29 bits per heavy atom. The third kappa shape index (κ3) is 3.52. The van der Waals surface area contributed by atoms with Gasteiger partial charge in [0.25, 0.3) is 0 Å². The van der Waals surface area contributed by atoms with Crippen molar-refractivity contribution in [2.45, 2.75) is 24.5 Å². The molecular formula is C13H17N3O4S. The van der Waals surface area contributed by atoms with Gasteiger partial charge in [-0.25, -0.2) is 8.42 Å². The fourth-order valence-electron chi connectivity index (χ4n) is 2.25. The van der Waals surface area contributed by atoms with Gasteiger partial charge < -0.3 is 16.3 Å². The van der Waals surface area contributed by atoms with Crippen LogP contribution in [0.1, 0.15) is 24.8 Å². The molecule has 0 saturated carbocycles. The average molecular weight is 311 g/mol. The summed E-state index contributed by atoms with van der Waals surface area (Å²) < 4.78 is 23.7. The third-order valence-electron chi connectivity index (χ3n) is 3.43. The standard InChI is InChI=1S/C13H17N3O4S/c14-12(16-18)9-4-6-10(7-5-9)15-13(17)11-3-1-2-8-21(11,19)20/h4-7,11,18H,1-3,8H2,(H2,14,16)(H,15,17). The van der Waals surface area contributed by atoms with Crippen LogP contribution in [-0.2, 0) is 14.6 Å². The van der Waals surface area contributed by atoms with E-state index < -0.39 is 21.0 Å². The fraction of sp³-hybridized carbons (Fsp3) is 0.385. The fourth-order valence-corrected chi connectivity index (χ4v) is 4.06. The molecule has 1 fully saturated rings. The van der Waals surface area contributed by atoms with Crippen molar-refractivity contribution in [3.8, 4) is 0 Å². The first-order valence-corrected chi connectivity index (χ1v) is 8.26. The van der Waals surface area contributed by atoms with E-state index in [-0.39, 0.29) is 11.6 Å². The average Bonchev–Trinajstić information content (AvgIpc) is 2.46. The van der Waals surface area contributed by atoms with Crippen molar-refractivity contribution in [2.24, 2.45) is 10.9 Å². The molecule has 1 heterocycles. The zero-order chi connectivity index (χ0) is 15.5. The van der Waals surface area contributed by atoms with E-state index in [0.29, 0.717) is 24.1 Å². The highest BCUT2D eigenvalue weighted by Gasteiger charge is 2.34. The van der Waals surface area contributed by atoms with Crippen LogP contribution in [0.2, 0.25) is 0 Å². The maximum Gasteiger partial charge on any atom is 0.242 e. The summed E-state index contributed by atoms with van der Waals surface area (Å²) in [5.41, 5.74) is 6.40. The number of benzene rings is 1. The monoisotopic (exact) mass is 311 g/mol. The quantitative estimate of drug-likeness (QED) is 0.328. The molecule has 7 nitrogen and oxygen atoms in total. The molecule has 0 radical (unpaired) electrons. The highest BCUT2D eigenvalue weighted by atomic mass is 32.2. The van der Waals surface area contributed by atoms with E-state index in [4.69, 9.17) is 10.9 Å². The van der Waals surface area contributed by atoms with Gasteiger partial charge in [0.15, 0.2) is 15.7 Å². The van der Waals surface area contributed by atoms with Gasteiger partial charge in [0.1, 0.15) is 5.25 Å². The number of carbonyl (C=O) groups excluding carboxylic acids is 1. The van der Waals surface area contributed by atoms with Crippen molar-refractivity contribution in [2.75, 3.05) is 11.1 Å². The van der Waals surface area contributed by atoms with Gasteiger partial charge in [-0.2, -0.15) is 0 Å². The number of sulfone groups is 1. The SMILES string of the molecule is N/C(=N/O)c1ccc(NC(=O)C2CCCCS2(=O)=O)cc1. The molecule has 1 aliphatic heterocycles. The van der Waals surface area contributed by atoms with Gasteiger partial charge in [-0.05, 0) is 37.1 Å². The molecule has 2 rings (SSSR count). The predicted molar refractivity (Wildman–Crippen MR) is 79.0 cm³/mol. The number of nitrogens with one attached hydrogen (secondary N) is 1. The van der Waals surface area contributed by atoms with E-state index in [9.17, 15) is 13.2 Å². The summed E-state index contributed by atoms with van der Waals surface area (Å²) in [6.07, 6.45) is 1.71. The van der Waals surface area contributed by atoms with Gasteiger partial charge in [0.2, 0.25) is 5.91 Å². The Hall–Kier alpha value is -2.09. The molecule has 0 bridgehead atoms. The van der Waals surface area contributed by atoms with Gasteiger partial charge in [-0.15, -0.1) is 0 Å². The number of anilines is 1. The van der Waals surface area contributed by atoms with Gasteiger partial charge in [0, 0.05) is 11.3 Å². The Bertz CT molecular complexity index is 652. The lowest BCUT2D eigenvalue weighted by atomic mass is 10.1. The number of nitrogens with zero attached hydrogens (tertiary/aromatic N) is 1. The first-order valence-electron chi connectivity index (χ1n) is 6.54. The number of nitrogens with two attached hydrogens (primary N) is 1. The molecule has 1 saturated heterocycles. The van der Waals surface area contributed by atoms with E-state index in [1.54, 1.807) is 24.3 Å². The van der Waals surface area contributed by atoms with Crippen LogP contribution in [-0.4, -0.2) is 36.4 Å². The molecule has 1 amide bonds. The molecule has 21 heavy (non-hydrogen) atoms. The van der Waals surface area contributed by atoms with Gasteiger partial charge in [-0.3, -0.25) is 4.79 Å². The molecule has 0 aliphatic carbocycles. The van der Waals surface area contributed by atoms with Crippen molar-refractivity contribution in [1.29, 1.82) is 0 Å². The van der Waals surface area contributed by atoms with E-state index in [2.05, 4.69) is 10.5 Å². The summed E-state index contributed by atoms with van der Waals surface area (Å²) >= 11 is 0. The first-order chi connectivity index (χ1) is 9.94. The molecule has 1 unspecified atom stereocenters. The molecule has 1 atom stereocenters. The summed E-state index contributed by atoms with van der Waals surface area (Å²) in [7, 11) is -3.35. The minimum atomic E-state index is -3.35. The Balaban J connectivity index is 2.09. The second kappa shape index (κ2) is 6.13. The van der Waals surface area contributed by atoms with E-state index in [1.807, 2.05) is 0 Å². The highest BCUT2D eigenvalue weighted by Crippen LogP contribution is 2.21. The lowest BCUT2D eigenvalue weighted by Crippen LogP contribution is -2.39. The maximum atomic E-state index is 12.1. The zero-order valence-corrected chi connectivity index (χ0v) is 12.1. The number of rotatable bonds is 3. The molecule has 8 heteroatoms. The van der Waals surface area contributed by atoms with Crippen LogP contribution < -0.4 is 11.1 Å². The van der Waals surface area contributed by atoms with Crippen LogP contribution in [0.5, 0.6) is 0 Å². The van der Waals surface area contributed by atoms with E-state index >= 15 is 0 Å². The second-order valence-corrected chi connectivity index (χ2v) is 7.21. The molecule has 1 aromatic carbocycles. The Morgan fingerprint density at radius 2 is 1.95 bits per heavy atom. The number of amides is 1. The van der Waals surface area contributed by atoms with Crippen LogP contribution in [0.25, 0.3) is 0 Å². The molecular weight excluding hydrogens is 294 g/mol. The van der Waals surface area contributed by atoms with Gasteiger partial charge in [0.05, 0.1) is 5.75 Å². The normalized spacial score (nSPS) is 21.7. The number of amidine groups is 1. The van der Waals surface area contributed by atoms with Crippen LogP contribution in [0, 0.1) is 0 Å². The van der Waals surface area contributed by atoms with Crippen LogP contribution in [0.15, 0.2) is 29.4 Å².